The molecule has 2 N–H and O–H groups in total. The third-order valence-corrected chi connectivity index (χ3v) is 2.00. The van der Waals surface area contributed by atoms with E-state index in [1.165, 1.54) is 6.07 Å². The van der Waals surface area contributed by atoms with Gasteiger partial charge in [-0.2, -0.15) is 0 Å². The highest BCUT2D eigenvalue weighted by Crippen LogP contribution is 2.13. The molecule has 0 aliphatic carbocycles. The Balaban J connectivity index is 0.00000225. The van der Waals surface area contributed by atoms with Crippen molar-refractivity contribution in [1.29, 1.82) is 0 Å². The monoisotopic (exact) mass is 266 g/mol. The number of carbonyl (C=O) groups is 1. The van der Waals surface area contributed by atoms with Crippen LogP contribution in [0.25, 0.3) is 0 Å². The van der Waals surface area contributed by atoms with E-state index in [-0.39, 0.29) is 28.9 Å². The smallest absolute Gasteiger partial charge is 0.251 e. The third kappa shape index (κ3) is 4.79. The molecule has 0 unspecified atom stereocenters. The molecule has 1 aromatic carbocycles. The number of benzene rings is 1. The molecule has 0 aliphatic rings. The fourth-order valence-electron chi connectivity index (χ4n) is 1.09. The average Bonchev–Trinajstić information content (AvgIpc) is 2.16. The van der Waals surface area contributed by atoms with Crippen LogP contribution in [0.5, 0.6) is 0 Å². The van der Waals surface area contributed by atoms with Crippen molar-refractivity contribution in [3.63, 3.8) is 0 Å². The van der Waals surface area contributed by atoms with Crippen molar-refractivity contribution in [2.75, 3.05) is 20.1 Å². The first-order valence-electron chi connectivity index (χ1n) is 4.52. The predicted molar refractivity (Wildman–Crippen MR) is 64.9 cm³/mol. The van der Waals surface area contributed by atoms with Gasteiger partial charge in [0.15, 0.2) is 0 Å². The first kappa shape index (κ1) is 15.2. The van der Waals surface area contributed by atoms with Gasteiger partial charge in [-0.3, -0.25) is 4.79 Å². The lowest BCUT2D eigenvalue weighted by molar-refractivity contribution is 0.0953. The van der Waals surface area contributed by atoms with E-state index in [1.807, 2.05) is 0 Å². The summed E-state index contributed by atoms with van der Waals surface area (Å²) in [6.45, 7) is 1.15. The number of halogens is 3. The summed E-state index contributed by atoms with van der Waals surface area (Å²) in [5.41, 5.74) is 0.233. The molecule has 0 aliphatic heterocycles. The molecule has 0 saturated carbocycles. The number of carbonyl (C=O) groups excluding carboxylic acids is 1. The standard InChI is InChI=1S/C10H12ClFN2O.ClH/c1-13-2-3-14-10(15)7-4-8(11)6-9(12)5-7;/h4-6,13H,2-3H2,1H3,(H,14,15);1H. The van der Waals surface area contributed by atoms with Crippen LogP contribution in [0.3, 0.4) is 0 Å². The summed E-state index contributed by atoms with van der Waals surface area (Å²) in [5.74, 6) is -0.840. The van der Waals surface area contributed by atoms with Crippen molar-refractivity contribution in [3.05, 3.63) is 34.6 Å². The Hall–Kier alpha value is -0.840. The highest BCUT2D eigenvalue weighted by atomic mass is 35.5. The van der Waals surface area contributed by atoms with Crippen molar-refractivity contribution >= 4 is 29.9 Å². The van der Waals surface area contributed by atoms with Gasteiger partial charge in [0.05, 0.1) is 0 Å². The topological polar surface area (TPSA) is 41.1 Å². The fourth-order valence-corrected chi connectivity index (χ4v) is 1.31. The molecule has 3 nitrogen and oxygen atoms in total. The van der Waals surface area contributed by atoms with Crippen LogP contribution >= 0.6 is 24.0 Å². The first-order chi connectivity index (χ1) is 7.13. The van der Waals surface area contributed by atoms with Crippen molar-refractivity contribution in [1.82, 2.24) is 10.6 Å². The summed E-state index contributed by atoms with van der Waals surface area (Å²) in [6.07, 6.45) is 0. The van der Waals surface area contributed by atoms with E-state index >= 15 is 0 Å². The lowest BCUT2D eigenvalue weighted by Gasteiger charge is -2.05. The number of rotatable bonds is 4. The van der Waals surface area contributed by atoms with Crippen LogP contribution in [0, 0.1) is 5.82 Å². The summed E-state index contributed by atoms with van der Waals surface area (Å²) in [7, 11) is 1.78. The molecule has 16 heavy (non-hydrogen) atoms. The number of likely N-dealkylation sites (N-methyl/N-ethyl adjacent to an activating group) is 1. The summed E-state index contributed by atoms with van der Waals surface area (Å²) < 4.78 is 12.9. The number of amides is 1. The van der Waals surface area contributed by atoms with Crippen LogP contribution in [0.4, 0.5) is 4.39 Å². The Morgan fingerprint density at radius 3 is 2.62 bits per heavy atom. The van der Waals surface area contributed by atoms with E-state index in [0.717, 1.165) is 12.1 Å². The zero-order valence-electron chi connectivity index (χ0n) is 8.72. The molecule has 0 spiro atoms. The molecule has 0 fully saturated rings. The van der Waals surface area contributed by atoms with E-state index in [1.54, 1.807) is 7.05 Å². The molecular formula is C10H13Cl2FN2O. The molecule has 0 bridgehead atoms. The summed E-state index contributed by atoms with van der Waals surface area (Å²) in [6, 6.07) is 3.74. The highest BCUT2D eigenvalue weighted by molar-refractivity contribution is 6.31. The maximum atomic E-state index is 12.9. The third-order valence-electron chi connectivity index (χ3n) is 1.79. The van der Waals surface area contributed by atoms with Crippen molar-refractivity contribution in [3.8, 4) is 0 Å². The highest BCUT2D eigenvalue weighted by Gasteiger charge is 2.07. The minimum atomic E-state index is -0.513. The molecule has 0 radical (unpaired) electrons. The number of hydrogen-bond acceptors (Lipinski definition) is 2. The number of nitrogens with one attached hydrogen (secondary N) is 2. The minimum Gasteiger partial charge on any atom is -0.351 e. The van der Waals surface area contributed by atoms with Gasteiger partial charge in [0.25, 0.3) is 5.91 Å². The summed E-state index contributed by atoms with van der Waals surface area (Å²) in [4.78, 5) is 11.5. The lowest BCUT2D eigenvalue weighted by Crippen LogP contribution is -2.30. The second kappa shape index (κ2) is 7.44. The Morgan fingerprint density at radius 1 is 1.38 bits per heavy atom. The van der Waals surface area contributed by atoms with Gasteiger partial charge in [0.1, 0.15) is 5.82 Å². The molecule has 0 heterocycles. The van der Waals surface area contributed by atoms with E-state index in [0.29, 0.717) is 13.1 Å². The Kier molecular flexibility index (Phi) is 7.05. The largest absolute Gasteiger partial charge is 0.351 e. The maximum absolute atomic E-state index is 12.9. The minimum absolute atomic E-state index is 0. The number of hydrogen-bond donors (Lipinski definition) is 2. The molecule has 0 saturated heterocycles. The zero-order chi connectivity index (χ0) is 11.3. The molecule has 1 aromatic rings. The molecule has 1 amide bonds. The second-order valence-electron chi connectivity index (χ2n) is 3.02. The molecule has 90 valence electrons. The van der Waals surface area contributed by atoms with Gasteiger partial charge in [-0.15, -0.1) is 12.4 Å². The Labute approximate surface area is 105 Å². The van der Waals surface area contributed by atoms with E-state index < -0.39 is 5.82 Å². The van der Waals surface area contributed by atoms with Gasteiger partial charge in [-0.1, -0.05) is 11.6 Å². The van der Waals surface area contributed by atoms with E-state index in [4.69, 9.17) is 11.6 Å². The van der Waals surface area contributed by atoms with Gasteiger partial charge in [0.2, 0.25) is 0 Å². The summed E-state index contributed by atoms with van der Waals surface area (Å²) >= 11 is 5.62. The Morgan fingerprint density at radius 2 is 2.06 bits per heavy atom. The van der Waals surface area contributed by atoms with Crippen molar-refractivity contribution in [2.24, 2.45) is 0 Å². The molecular weight excluding hydrogens is 254 g/mol. The molecule has 0 aromatic heterocycles. The summed E-state index contributed by atoms with van der Waals surface area (Å²) in [5, 5.41) is 5.73. The van der Waals surface area contributed by atoms with Gasteiger partial charge in [0, 0.05) is 23.7 Å². The van der Waals surface area contributed by atoms with Gasteiger partial charge < -0.3 is 10.6 Å². The van der Waals surface area contributed by atoms with E-state index in [2.05, 4.69) is 10.6 Å². The SMILES string of the molecule is CNCCNC(=O)c1cc(F)cc(Cl)c1.Cl. The molecule has 6 heteroatoms. The zero-order valence-corrected chi connectivity index (χ0v) is 10.3. The predicted octanol–water partition coefficient (Wildman–Crippen LogP) is 1.85. The lowest BCUT2D eigenvalue weighted by atomic mass is 10.2. The van der Waals surface area contributed by atoms with Gasteiger partial charge in [-0.05, 0) is 25.2 Å². The second-order valence-corrected chi connectivity index (χ2v) is 3.45. The normalized spacial score (nSPS) is 9.44. The fraction of sp³-hybridized carbons (Fsp3) is 0.300. The van der Waals surface area contributed by atoms with Crippen molar-refractivity contribution < 1.29 is 9.18 Å². The maximum Gasteiger partial charge on any atom is 0.251 e. The molecule has 1 rings (SSSR count). The van der Waals surface area contributed by atoms with Crippen LogP contribution in [0.15, 0.2) is 18.2 Å². The van der Waals surface area contributed by atoms with Gasteiger partial charge in [-0.25, -0.2) is 4.39 Å². The van der Waals surface area contributed by atoms with Crippen LogP contribution in [-0.2, 0) is 0 Å². The van der Waals surface area contributed by atoms with Crippen LogP contribution in [0.1, 0.15) is 10.4 Å². The molecule has 0 atom stereocenters. The quantitative estimate of drug-likeness (QED) is 0.817. The van der Waals surface area contributed by atoms with Gasteiger partial charge >= 0.3 is 0 Å². The van der Waals surface area contributed by atoms with Crippen LogP contribution < -0.4 is 10.6 Å². The average molecular weight is 267 g/mol. The first-order valence-corrected chi connectivity index (χ1v) is 4.90. The Bertz CT molecular complexity index is 340. The van der Waals surface area contributed by atoms with Crippen LogP contribution in [0.2, 0.25) is 5.02 Å². The van der Waals surface area contributed by atoms with Crippen LogP contribution in [-0.4, -0.2) is 26.0 Å². The van der Waals surface area contributed by atoms with E-state index in [9.17, 15) is 9.18 Å². The van der Waals surface area contributed by atoms with Crippen molar-refractivity contribution in [2.45, 2.75) is 0 Å².